The van der Waals surface area contributed by atoms with Gasteiger partial charge in [0.15, 0.2) is 5.82 Å². The monoisotopic (exact) mass is 1040 g/mol. The van der Waals surface area contributed by atoms with E-state index in [1.165, 1.54) is 10.5 Å². The molecule has 3 fully saturated rings. The van der Waals surface area contributed by atoms with E-state index in [2.05, 4.69) is 71.0 Å². The molecule has 6 heterocycles. The topological polar surface area (TPSA) is 214 Å². The molecule has 0 radical (unpaired) electrons. The molecule has 4 atom stereocenters. The predicted octanol–water partition coefficient (Wildman–Crippen LogP) is 6.99. The van der Waals surface area contributed by atoms with Crippen molar-refractivity contribution in [2.75, 3.05) is 54.8 Å². The van der Waals surface area contributed by atoms with Crippen LogP contribution in [0.25, 0.3) is 21.7 Å². The first-order chi connectivity index (χ1) is 36.1. The number of aliphatic hydroxyl groups excluding tert-OH is 1. The molecule has 4 aliphatic rings. The summed E-state index contributed by atoms with van der Waals surface area (Å²) in [6, 6.07) is 24.2. The van der Waals surface area contributed by atoms with Crippen LogP contribution in [0.1, 0.15) is 95.4 Å². The van der Waals surface area contributed by atoms with Gasteiger partial charge in [0.25, 0.3) is 0 Å². The number of nitrogens with zero attached hydrogens (tertiary/aromatic N) is 8. The largest absolute Gasteiger partial charge is 0.507 e. The van der Waals surface area contributed by atoms with Gasteiger partial charge in [0.2, 0.25) is 23.6 Å². The number of thiazole rings is 1. The number of piperazine rings is 1. The van der Waals surface area contributed by atoms with Crippen molar-refractivity contribution < 1.29 is 29.4 Å². The van der Waals surface area contributed by atoms with Crippen LogP contribution in [0, 0.1) is 12.3 Å². The van der Waals surface area contributed by atoms with Crippen LogP contribution < -0.4 is 26.2 Å². The summed E-state index contributed by atoms with van der Waals surface area (Å²) in [4.78, 5) is 69.9. The molecule has 4 aliphatic heterocycles. The smallest absolute Gasteiger partial charge is 0.246 e. The van der Waals surface area contributed by atoms with Gasteiger partial charge in [-0.25, -0.2) is 4.98 Å². The van der Waals surface area contributed by atoms with Gasteiger partial charge in [-0.2, -0.15) is 0 Å². The van der Waals surface area contributed by atoms with Crippen molar-refractivity contribution in [1.29, 1.82) is 0 Å². The first-order valence-electron chi connectivity index (χ1n) is 26.4. The maximum absolute atomic E-state index is 14.1. The minimum Gasteiger partial charge on any atom is -0.507 e. The number of hydrogen-bond donors (Lipinski definition) is 5. The van der Waals surface area contributed by atoms with Crippen LogP contribution in [-0.4, -0.2) is 127 Å². The van der Waals surface area contributed by atoms with Gasteiger partial charge in [0.1, 0.15) is 17.8 Å². The van der Waals surface area contributed by atoms with Crippen molar-refractivity contribution in [1.82, 2.24) is 40.5 Å². The fourth-order valence-electron chi connectivity index (χ4n) is 10.8. The summed E-state index contributed by atoms with van der Waals surface area (Å²) in [6.07, 6.45) is 7.23. The third-order valence-electron chi connectivity index (χ3n) is 15.0. The third kappa shape index (κ3) is 12.6. The standard InChI is InChI=1S/C57H71N11O6S/c1-37-52(75-36-60-37)40-21-19-38(20-22-40)31-59-55(73)48-29-44(69)35-68(48)56(74)53(57(2,3)4)61-50(71)17-8-6-5-7-9-18-51(72)65-25-23-64(24-26-65)32-39-13-12-14-41(27-39)66-33-43-28-42(66)34-67(43)47-30-46(62-63-54(47)58)45-15-10-11-16-49(45)70/h10-16,19-22,27,30,33,36,42,44,48,53,69-70H,5-9,17-18,23-26,28-29,31-32,34-35H2,1-4H3,(H2,58,63)(H,59,73)(H,61,71)/t42?,44-,48+,53-/m1/s1. The van der Waals surface area contributed by atoms with E-state index in [9.17, 15) is 29.4 Å². The lowest BCUT2D eigenvalue weighted by Gasteiger charge is -2.35. The first-order valence-corrected chi connectivity index (χ1v) is 27.3. The summed E-state index contributed by atoms with van der Waals surface area (Å²) in [6.45, 7) is 12.5. The Hall–Kier alpha value is -6.89. The summed E-state index contributed by atoms with van der Waals surface area (Å²) in [5.74, 6) is -0.247. The fourth-order valence-corrected chi connectivity index (χ4v) is 11.6. The van der Waals surface area contributed by atoms with Crippen LogP contribution in [0.5, 0.6) is 5.75 Å². The number of likely N-dealkylation sites (tertiary alicyclic amines) is 1. The molecular weight excluding hydrogens is 967 g/mol. The van der Waals surface area contributed by atoms with Crippen molar-refractivity contribution >= 4 is 52.2 Å². The minimum atomic E-state index is -0.873. The molecule has 0 spiro atoms. The zero-order valence-corrected chi connectivity index (χ0v) is 44.4. The van der Waals surface area contributed by atoms with Crippen LogP contribution in [0.2, 0.25) is 0 Å². The van der Waals surface area contributed by atoms with Gasteiger partial charge in [-0.3, -0.25) is 24.1 Å². The molecule has 17 nitrogen and oxygen atoms in total. The molecule has 75 heavy (non-hydrogen) atoms. The van der Waals surface area contributed by atoms with E-state index in [0.29, 0.717) is 43.0 Å². The average molecular weight is 1040 g/mol. The van der Waals surface area contributed by atoms with E-state index < -0.39 is 23.6 Å². The highest BCUT2D eigenvalue weighted by Crippen LogP contribution is 2.42. The van der Waals surface area contributed by atoms with E-state index >= 15 is 0 Å². The van der Waals surface area contributed by atoms with Crippen molar-refractivity contribution in [3.05, 3.63) is 113 Å². The zero-order valence-electron chi connectivity index (χ0n) is 43.6. The molecule has 396 valence electrons. The average Bonchev–Trinajstić information content (AvgIpc) is 4.24. The lowest BCUT2D eigenvalue weighted by Crippen LogP contribution is -2.57. The SMILES string of the molecule is Cc1ncsc1-c1ccc(CNC(=O)[C@@H]2C[C@@H](O)CN2C(=O)[C@@H](NC(=O)CCCCCCCC(=O)N2CCN(Cc3cccc(N4C=C5CC4CN5c4cc(-c5ccccc5O)nnc4N)c3)CC2)C(C)(C)C)cc1. The normalized spacial score (nSPS) is 19.1. The molecule has 5 aromatic rings. The number of aromatic nitrogens is 3. The maximum Gasteiger partial charge on any atom is 0.246 e. The summed E-state index contributed by atoms with van der Waals surface area (Å²) in [5.41, 5.74) is 16.0. The number of nitrogens with one attached hydrogen (secondary N) is 2. The highest BCUT2D eigenvalue weighted by atomic mass is 32.1. The summed E-state index contributed by atoms with van der Waals surface area (Å²) in [7, 11) is 0. The van der Waals surface area contributed by atoms with E-state index in [-0.39, 0.29) is 61.4 Å². The van der Waals surface area contributed by atoms with Crippen molar-refractivity contribution in [3.8, 4) is 27.4 Å². The Bertz CT molecular complexity index is 2880. The number of β-amino-alcohol motifs (C(OH)–C–C–N with tert-alkyl or cyclic N) is 1. The lowest BCUT2D eigenvalue weighted by atomic mass is 9.85. The minimum absolute atomic E-state index is 0.0207. The van der Waals surface area contributed by atoms with Gasteiger partial charge in [0.05, 0.1) is 39.6 Å². The number of anilines is 3. The highest BCUT2D eigenvalue weighted by Gasteiger charge is 2.45. The number of nitrogen functional groups attached to an aromatic ring is 1. The number of carbonyl (C=O) groups is 4. The van der Waals surface area contributed by atoms with Gasteiger partial charge in [-0.05, 0) is 72.2 Å². The Labute approximate surface area is 443 Å². The quantitative estimate of drug-likeness (QED) is 0.0529. The lowest BCUT2D eigenvalue weighted by molar-refractivity contribution is -0.144. The second-order valence-electron chi connectivity index (χ2n) is 21.6. The Kier molecular flexibility index (Phi) is 16.5. The number of nitrogens with two attached hydrogens (primary N) is 1. The Morgan fingerprint density at radius 1 is 0.867 bits per heavy atom. The summed E-state index contributed by atoms with van der Waals surface area (Å²) < 4.78 is 0. The van der Waals surface area contributed by atoms with Crippen molar-refractivity contribution in [2.24, 2.45) is 5.41 Å². The third-order valence-corrected chi connectivity index (χ3v) is 16.0. The van der Waals surface area contributed by atoms with Crippen LogP contribution >= 0.6 is 11.3 Å². The number of benzene rings is 3. The van der Waals surface area contributed by atoms with Gasteiger partial charge in [-0.1, -0.05) is 88.6 Å². The van der Waals surface area contributed by atoms with E-state index in [4.69, 9.17) is 5.73 Å². The number of rotatable bonds is 19. The molecule has 18 heteroatoms. The second-order valence-corrected chi connectivity index (χ2v) is 22.4. The number of carbonyl (C=O) groups excluding carboxylic acids is 4. The Balaban J connectivity index is 0.661. The van der Waals surface area contributed by atoms with Crippen molar-refractivity contribution in [3.63, 3.8) is 0 Å². The number of aromatic hydroxyl groups is 1. The van der Waals surface area contributed by atoms with Gasteiger partial charge < -0.3 is 46.2 Å². The predicted molar refractivity (Wildman–Crippen MR) is 292 cm³/mol. The fraction of sp³-hybridized carbons (Fsp3) is 0.456. The maximum atomic E-state index is 14.1. The van der Waals surface area contributed by atoms with Crippen molar-refractivity contribution in [2.45, 2.75) is 123 Å². The molecule has 2 aromatic heterocycles. The molecule has 4 amide bonds. The van der Waals surface area contributed by atoms with Gasteiger partial charge >= 0.3 is 0 Å². The second kappa shape index (κ2) is 23.3. The Morgan fingerprint density at radius 3 is 2.32 bits per heavy atom. The number of para-hydroxylation sites is 1. The van der Waals surface area contributed by atoms with Gasteiger partial charge in [0, 0.05) is 101 Å². The number of hydrogen-bond acceptors (Lipinski definition) is 14. The molecule has 6 N–H and O–H groups in total. The molecule has 0 aliphatic carbocycles. The van der Waals surface area contributed by atoms with Crippen LogP contribution in [0.15, 0.2) is 96.3 Å². The van der Waals surface area contributed by atoms with Gasteiger partial charge in [-0.15, -0.1) is 21.5 Å². The molecule has 0 saturated carbocycles. The van der Waals surface area contributed by atoms with Crippen LogP contribution in [0.4, 0.5) is 17.2 Å². The van der Waals surface area contributed by atoms with E-state index in [0.717, 1.165) is 97.1 Å². The Morgan fingerprint density at radius 2 is 1.61 bits per heavy atom. The number of phenols is 1. The zero-order chi connectivity index (χ0) is 52.8. The van der Waals surface area contributed by atoms with Crippen LogP contribution in [-0.2, 0) is 32.3 Å². The molecule has 2 bridgehead atoms. The first kappa shape index (κ1) is 53.0. The number of unbranched alkanes of at least 4 members (excludes halogenated alkanes) is 4. The number of amides is 4. The van der Waals surface area contributed by atoms with Crippen LogP contribution in [0.3, 0.4) is 0 Å². The highest BCUT2D eigenvalue weighted by molar-refractivity contribution is 7.13. The molecule has 3 aromatic carbocycles. The molecule has 9 rings (SSSR count). The number of aliphatic hydroxyl groups is 1. The number of aryl methyl sites for hydroxylation is 1. The summed E-state index contributed by atoms with van der Waals surface area (Å²) in [5, 5.41) is 35.5. The molecular formula is C57H71N11O6S. The van der Waals surface area contributed by atoms with E-state index in [1.54, 1.807) is 23.5 Å². The molecule has 3 saturated heterocycles. The number of fused-ring (bicyclic) bond motifs is 2. The number of phenolic OH excluding ortho intramolecular Hbond substituents is 1. The molecule has 1 unspecified atom stereocenters. The summed E-state index contributed by atoms with van der Waals surface area (Å²) >= 11 is 1.58. The van der Waals surface area contributed by atoms with E-state index in [1.807, 2.05) is 80.6 Å².